The molecular weight excluding hydrogens is 460 g/mol. The first kappa shape index (κ1) is 25.6. The molecule has 0 spiro atoms. The highest BCUT2D eigenvalue weighted by Crippen LogP contribution is 2.51. The Balaban J connectivity index is 3.32. The molecule has 1 saturated heterocycles. The molecule has 1 heterocycles. The lowest BCUT2D eigenvalue weighted by Gasteiger charge is -2.40. The van der Waals surface area contributed by atoms with Gasteiger partial charge in [-0.1, -0.05) is 6.58 Å². The van der Waals surface area contributed by atoms with E-state index in [9.17, 15) is 52.5 Å². The Morgan fingerprint density at radius 2 is 1.72 bits per heavy atom. The smallest absolute Gasteiger partial charge is 0.425 e. The van der Waals surface area contributed by atoms with Gasteiger partial charge in [-0.15, -0.1) is 0 Å². The molecule has 8 nitrogen and oxygen atoms in total. The van der Waals surface area contributed by atoms with Crippen molar-refractivity contribution in [2.24, 2.45) is 0 Å². The number of carbonyl (C=O) groups is 1. The van der Waals surface area contributed by atoms with Crippen molar-refractivity contribution in [1.29, 1.82) is 0 Å². The Morgan fingerprint density at radius 3 is 2.14 bits per heavy atom. The number of rotatable bonds is 8. The number of piperidine rings is 1. The molecule has 170 valence electrons. The largest absolute Gasteiger partial charge is 0.745 e. The molecular formula is C13H16F6NO7S2-. The molecule has 2 atom stereocenters. The van der Waals surface area contributed by atoms with Gasteiger partial charge < -0.3 is 9.29 Å². The fraction of sp³-hybridized carbons (Fsp3) is 0.769. The number of alkyl halides is 6. The summed E-state index contributed by atoms with van der Waals surface area (Å²) in [4.78, 5) is 11.5. The first-order valence-electron chi connectivity index (χ1n) is 7.69. The van der Waals surface area contributed by atoms with Crippen LogP contribution in [0.1, 0.15) is 19.8 Å². The highest BCUT2D eigenvalue weighted by Gasteiger charge is 2.79. The summed E-state index contributed by atoms with van der Waals surface area (Å²) in [7, 11) is -13.6. The molecule has 1 fully saturated rings. The molecule has 0 bridgehead atoms. The Morgan fingerprint density at radius 1 is 1.21 bits per heavy atom. The third kappa shape index (κ3) is 4.25. The Labute approximate surface area is 162 Å². The van der Waals surface area contributed by atoms with E-state index in [2.05, 4.69) is 6.58 Å². The SMILES string of the molecule is C=C(C)C(=O)OC1CCCN(S(=O)(=O)C(F)(F)C(F)(F)C(F)(CF)S(=O)(=O)[O-])C1. The summed E-state index contributed by atoms with van der Waals surface area (Å²) in [6, 6.07) is 0. The Bertz CT molecular complexity index is 876. The molecule has 1 aliphatic heterocycles. The third-order valence-electron chi connectivity index (χ3n) is 4.03. The van der Waals surface area contributed by atoms with Crippen LogP contribution in [0.5, 0.6) is 0 Å². The molecule has 16 heteroatoms. The maximum atomic E-state index is 14.2. The van der Waals surface area contributed by atoms with Crippen molar-refractivity contribution < 1.29 is 57.3 Å². The second kappa shape index (κ2) is 8.03. The number of nitrogens with zero attached hydrogens (tertiary/aromatic N) is 1. The third-order valence-corrected chi connectivity index (χ3v) is 7.10. The quantitative estimate of drug-likeness (QED) is 0.224. The van der Waals surface area contributed by atoms with Gasteiger partial charge in [-0.2, -0.15) is 21.9 Å². The van der Waals surface area contributed by atoms with Crippen molar-refractivity contribution in [1.82, 2.24) is 4.31 Å². The van der Waals surface area contributed by atoms with Crippen LogP contribution >= 0.6 is 0 Å². The van der Waals surface area contributed by atoms with Gasteiger partial charge in [0.15, 0.2) is 0 Å². The van der Waals surface area contributed by atoms with Crippen LogP contribution in [0.4, 0.5) is 26.3 Å². The Hall–Kier alpha value is -1.39. The lowest BCUT2D eigenvalue weighted by atomic mass is 10.1. The van der Waals surface area contributed by atoms with Gasteiger partial charge >= 0.3 is 17.1 Å². The van der Waals surface area contributed by atoms with Crippen molar-refractivity contribution >= 4 is 26.1 Å². The zero-order valence-corrected chi connectivity index (χ0v) is 16.3. The lowest BCUT2D eigenvalue weighted by molar-refractivity contribution is -0.214. The monoisotopic (exact) mass is 476 g/mol. The van der Waals surface area contributed by atoms with Crippen LogP contribution in [-0.2, 0) is 29.7 Å². The standard InChI is InChI=1S/C13H17F6NO7S2/c1-8(2)10(21)27-9-4-3-5-20(6-9)28(22,23)13(18,19)12(16,17)11(15,7-14)29(24,25)26/h9H,1,3-7H2,2H3,(H,24,25,26)/p-1. The minimum Gasteiger partial charge on any atom is -0.745 e. The molecule has 1 aliphatic rings. The van der Waals surface area contributed by atoms with Gasteiger partial charge in [0.25, 0.3) is 15.0 Å². The number of hydrogen-bond acceptors (Lipinski definition) is 7. The van der Waals surface area contributed by atoms with Crippen molar-refractivity contribution in [2.75, 3.05) is 19.8 Å². The molecule has 2 unspecified atom stereocenters. The number of halogens is 6. The van der Waals surface area contributed by atoms with E-state index in [1.165, 1.54) is 6.92 Å². The molecule has 0 aliphatic carbocycles. The van der Waals surface area contributed by atoms with Crippen molar-refractivity contribution in [2.45, 2.75) is 42.0 Å². The van der Waals surface area contributed by atoms with Gasteiger partial charge in [-0.05, 0) is 19.8 Å². The second-order valence-corrected chi connectivity index (χ2v) is 9.75. The minimum atomic E-state index is -7.07. The van der Waals surface area contributed by atoms with E-state index in [0.29, 0.717) is 0 Å². The van der Waals surface area contributed by atoms with Crippen molar-refractivity contribution in [3.8, 4) is 0 Å². The van der Waals surface area contributed by atoms with Crippen LogP contribution in [0.3, 0.4) is 0 Å². The van der Waals surface area contributed by atoms with Gasteiger partial charge in [0.05, 0.1) is 6.54 Å². The van der Waals surface area contributed by atoms with Crippen LogP contribution in [0.25, 0.3) is 0 Å². The van der Waals surface area contributed by atoms with E-state index < -0.39 is 68.2 Å². The van der Waals surface area contributed by atoms with Crippen LogP contribution in [-0.4, -0.2) is 73.7 Å². The first-order valence-corrected chi connectivity index (χ1v) is 10.5. The zero-order chi connectivity index (χ0) is 23.1. The first-order chi connectivity index (χ1) is 12.9. The highest BCUT2D eigenvalue weighted by molar-refractivity contribution is 7.90. The highest BCUT2D eigenvalue weighted by atomic mass is 32.2. The zero-order valence-electron chi connectivity index (χ0n) is 14.7. The summed E-state index contributed by atoms with van der Waals surface area (Å²) in [6.45, 7) is -0.820. The van der Waals surface area contributed by atoms with E-state index in [1.807, 2.05) is 0 Å². The summed E-state index contributed by atoms with van der Waals surface area (Å²) in [5, 5.41) is -12.6. The van der Waals surface area contributed by atoms with Gasteiger partial charge in [0.2, 0.25) is 0 Å². The number of esters is 1. The fourth-order valence-electron chi connectivity index (χ4n) is 2.32. The van der Waals surface area contributed by atoms with Crippen LogP contribution < -0.4 is 0 Å². The summed E-state index contributed by atoms with van der Waals surface area (Å²) in [5.41, 5.74) is -0.132. The summed E-state index contributed by atoms with van der Waals surface area (Å²) >= 11 is 0. The molecule has 0 N–H and O–H groups in total. The Kier molecular flexibility index (Phi) is 7.10. The van der Waals surface area contributed by atoms with E-state index in [-0.39, 0.29) is 22.7 Å². The predicted molar refractivity (Wildman–Crippen MR) is 83.8 cm³/mol. The molecule has 0 aromatic rings. The molecule has 0 aromatic heterocycles. The molecule has 0 aromatic carbocycles. The van der Waals surface area contributed by atoms with Gasteiger partial charge in [-0.3, -0.25) is 0 Å². The van der Waals surface area contributed by atoms with Gasteiger partial charge in [0, 0.05) is 12.1 Å². The van der Waals surface area contributed by atoms with Crippen molar-refractivity contribution in [3.05, 3.63) is 12.2 Å². The van der Waals surface area contributed by atoms with Crippen LogP contribution in [0.15, 0.2) is 12.2 Å². The molecule has 0 saturated carbocycles. The number of ether oxygens (including phenoxy) is 1. The maximum Gasteiger partial charge on any atom is 0.425 e. The molecule has 1 rings (SSSR count). The van der Waals surface area contributed by atoms with Crippen LogP contribution in [0.2, 0.25) is 0 Å². The van der Waals surface area contributed by atoms with E-state index in [1.54, 1.807) is 0 Å². The fourth-order valence-corrected chi connectivity index (χ4v) is 4.50. The minimum absolute atomic E-state index is 0.0422. The van der Waals surface area contributed by atoms with Gasteiger partial charge in [-0.25, -0.2) is 30.4 Å². The van der Waals surface area contributed by atoms with E-state index >= 15 is 0 Å². The predicted octanol–water partition coefficient (Wildman–Crippen LogP) is 1.31. The summed E-state index contributed by atoms with van der Waals surface area (Å²) < 4.78 is 143. The molecule has 29 heavy (non-hydrogen) atoms. The van der Waals surface area contributed by atoms with Crippen LogP contribution in [0, 0.1) is 0 Å². The van der Waals surface area contributed by atoms with Crippen molar-refractivity contribution in [3.63, 3.8) is 0 Å². The number of sulfonamides is 1. The topological polar surface area (TPSA) is 121 Å². The normalized spacial score (nSPS) is 22.0. The maximum absolute atomic E-state index is 14.2. The lowest BCUT2D eigenvalue weighted by Crippen LogP contribution is -2.66. The number of hydrogen-bond donors (Lipinski definition) is 0. The molecule has 0 radical (unpaired) electrons. The molecule has 0 amide bonds. The number of carbonyl (C=O) groups excluding carboxylic acids is 1. The summed E-state index contributed by atoms with van der Waals surface area (Å²) in [6.07, 6.45) is -1.65. The van der Waals surface area contributed by atoms with E-state index in [4.69, 9.17) is 4.74 Å². The summed E-state index contributed by atoms with van der Waals surface area (Å²) in [5.74, 6) is -7.81. The van der Waals surface area contributed by atoms with Gasteiger partial charge in [0.1, 0.15) is 22.9 Å². The van der Waals surface area contributed by atoms with E-state index in [0.717, 1.165) is 0 Å². The second-order valence-electron chi connectivity index (χ2n) is 6.22. The average molecular weight is 476 g/mol. The average Bonchev–Trinajstić information content (AvgIpc) is 2.59.